The monoisotopic (exact) mass is 223 g/mol. The first-order valence-corrected chi connectivity index (χ1v) is 5.80. The highest BCUT2D eigenvalue weighted by Gasteiger charge is 2.08. The Bertz CT molecular complexity index is 304. The lowest BCUT2D eigenvalue weighted by Crippen LogP contribution is -2.25. The van der Waals surface area contributed by atoms with E-state index in [0.717, 1.165) is 17.9 Å². The van der Waals surface area contributed by atoms with E-state index in [-0.39, 0.29) is 0 Å². The molecule has 0 aliphatic heterocycles. The van der Waals surface area contributed by atoms with Gasteiger partial charge >= 0.3 is 0 Å². The lowest BCUT2D eigenvalue weighted by atomic mass is 10.1. The summed E-state index contributed by atoms with van der Waals surface area (Å²) in [5.74, 6) is 0.832. The summed E-state index contributed by atoms with van der Waals surface area (Å²) in [4.78, 5) is 8.49. The van der Waals surface area contributed by atoms with Crippen molar-refractivity contribution in [2.45, 2.75) is 39.2 Å². The first-order valence-electron chi connectivity index (χ1n) is 5.80. The Morgan fingerprint density at radius 2 is 2.25 bits per heavy atom. The Morgan fingerprint density at radius 3 is 2.88 bits per heavy atom. The maximum absolute atomic E-state index is 5.19. The highest BCUT2D eigenvalue weighted by atomic mass is 16.5. The van der Waals surface area contributed by atoms with Crippen LogP contribution in [-0.2, 0) is 4.74 Å². The molecule has 1 unspecified atom stereocenters. The Kier molecular flexibility index (Phi) is 5.78. The highest BCUT2D eigenvalue weighted by Crippen LogP contribution is 2.08. The normalized spacial score (nSPS) is 12.4. The van der Waals surface area contributed by atoms with Gasteiger partial charge in [-0.2, -0.15) is 0 Å². The first kappa shape index (κ1) is 12.9. The maximum Gasteiger partial charge on any atom is 0.145 e. The molecule has 0 aromatic carbocycles. The van der Waals surface area contributed by atoms with E-state index in [1.807, 2.05) is 6.92 Å². The fourth-order valence-electron chi connectivity index (χ4n) is 1.59. The highest BCUT2D eigenvalue weighted by molar-refractivity contribution is 5.32. The number of methoxy groups -OCH3 is 1. The number of nitrogens with one attached hydrogen (secondary N) is 1. The summed E-state index contributed by atoms with van der Waals surface area (Å²) in [5.41, 5.74) is 0.927. The number of unbranched alkanes of at least 4 members (excludes halogenated alkanes) is 1. The molecule has 4 heteroatoms. The molecule has 90 valence electrons. The zero-order chi connectivity index (χ0) is 11.8. The van der Waals surface area contributed by atoms with Gasteiger partial charge in [0.1, 0.15) is 5.82 Å². The molecule has 0 saturated heterocycles. The summed E-state index contributed by atoms with van der Waals surface area (Å²) in [6.07, 6.45) is 6.99. The Hall–Kier alpha value is -1.16. The van der Waals surface area contributed by atoms with Gasteiger partial charge in [-0.1, -0.05) is 19.8 Å². The van der Waals surface area contributed by atoms with Crippen molar-refractivity contribution in [2.75, 3.05) is 19.0 Å². The van der Waals surface area contributed by atoms with Crippen LogP contribution in [0.15, 0.2) is 12.4 Å². The van der Waals surface area contributed by atoms with Gasteiger partial charge in [0.15, 0.2) is 0 Å². The summed E-state index contributed by atoms with van der Waals surface area (Å²) in [5, 5.41) is 3.36. The summed E-state index contributed by atoms with van der Waals surface area (Å²) >= 11 is 0. The van der Waals surface area contributed by atoms with Crippen LogP contribution < -0.4 is 5.32 Å². The van der Waals surface area contributed by atoms with Crippen molar-refractivity contribution < 1.29 is 4.74 Å². The quantitative estimate of drug-likeness (QED) is 0.771. The lowest BCUT2D eigenvalue weighted by Gasteiger charge is -2.18. The summed E-state index contributed by atoms with van der Waals surface area (Å²) in [6, 6.07) is 0.320. The van der Waals surface area contributed by atoms with Gasteiger partial charge in [0.2, 0.25) is 0 Å². The van der Waals surface area contributed by atoms with Crippen LogP contribution in [0.4, 0.5) is 5.82 Å². The molecule has 1 N–H and O–H groups in total. The number of rotatable bonds is 7. The van der Waals surface area contributed by atoms with Crippen LogP contribution in [-0.4, -0.2) is 29.7 Å². The average molecular weight is 223 g/mol. The van der Waals surface area contributed by atoms with Crippen molar-refractivity contribution in [2.24, 2.45) is 0 Å². The Balaban J connectivity index is 2.52. The van der Waals surface area contributed by atoms with Crippen LogP contribution in [0, 0.1) is 6.92 Å². The van der Waals surface area contributed by atoms with Crippen molar-refractivity contribution in [3.05, 3.63) is 18.1 Å². The number of ether oxygens (including phenoxy) is 1. The van der Waals surface area contributed by atoms with Crippen LogP contribution in [0.2, 0.25) is 0 Å². The molecule has 1 heterocycles. The van der Waals surface area contributed by atoms with Crippen molar-refractivity contribution in [1.29, 1.82) is 0 Å². The van der Waals surface area contributed by atoms with Gasteiger partial charge in [0, 0.05) is 13.3 Å². The van der Waals surface area contributed by atoms with Crippen molar-refractivity contribution in [3.63, 3.8) is 0 Å². The first-order chi connectivity index (χ1) is 7.76. The van der Waals surface area contributed by atoms with E-state index in [9.17, 15) is 0 Å². The minimum absolute atomic E-state index is 0.320. The molecule has 0 aliphatic carbocycles. The number of aromatic nitrogens is 2. The second-order valence-corrected chi connectivity index (χ2v) is 3.98. The molecule has 1 aromatic rings. The minimum Gasteiger partial charge on any atom is -0.383 e. The molecule has 0 saturated carbocycles. The second-order valence-electron chi connectivity index (χ2n) is 3.98. The average Bonchev–Trinajstić information content (AvgIpc) is 2.26. The van der Waals surface area contributed by atoms with Crippen LogP contribution in [0.3, 0.4) is 0 Å². The Morgan fingerprint density at radius 1 is 1.44 bits per heavy atom. The standard InChI is InChI=1S/C12H21N3O/c1-4-5-6-11(9-16-3)15-12-8-13-7-10(2)14-12/h7-8,11H,4-6,9H2,1-3H3,(H,14,15). The van der Waals surface area contributed by atoms with E-state index < -0.39 is 0 Å². The zero-order valence-corrected chi connectivity index (χ0v) is 10.4. The molecule has 0 fully saturated rings. The number of nitrogens with zero attached hydrogens (tertiary/aromatic N) is 2. The fraction of sp³-hybridized carbons (Fsp3) is 0.667. The molecule has 0 spiro atoms. The van der Waals surface area contributed by atoms with Gasteiger partial charge in [0.05, 0.1) is 24.5 Å². The summed E-state index contributed by atoms with van der Waals surface area (Å²) in [6.45, 7) is 4.83. The van der Waals surface area contributed by atoms with Crippen LogP contribution in [0.5, 0.6) is 0 Å². The number of aryl methyl sites for hydroxylation is 1. The predicted molar refractivity (Wildman–Crippen MR) is 65.6 cm³/mol. The molecular formula is C12H21N3O. The minimum atomic E-state index is 0.320. The van der Waals surface area contributed by atoms with Crippen LogP contribution in [0.1, 0.15) is 31.9 Å². The van der Waals surface area contributed by atoms with Gasteiger partial charge in [-0.05, 0) is 13.3 Å². The van der Waals surface area contributed by atoms with E-state index in [2.05, 4.69) is 22.2 Å². The molecule has 1 atom stereocenters. The molecule has 1 rings (SSSR count). The second kappa shape index (κ2) is 7.17. The van der Waals surface area contributed by atoms with E-state index >= 15 is 0 Å². The maximum atomic E-state index is 5.19. The van der Waals surface area contributed by atoms with Crippen molar-refractivity contribution in [3.8, 4) is 0 Å². The smallest absolute Gasteiger partial charge is 0.145 e. The van der Waals surface area contributed by atoms with E-state index in [1.165, 1.54) is 12.8 Å². The third kappa shape index (κ3) is 4.57. The van der Waals surface area contributed by atoms with Crippen molar-refractivity contribution >= 4 is 5.82 Å². The molecule has 0 amide bonds. The lowest BCUT2D eigenvalue weighted by molar-refractivity contribution is 0.182. The number of hydrogen-bond donors (Lipinski definition) is 1. The molecule has 0 bridgehead atoms. The van der Waals surface area contributed by atoms with Crippen LogP contribution >= 0.6 is 0 Å². The molecule has 1 aromatic heterocycles. The molecule has 16 heavy (non-hydrogen) atoms. The zero-order valence-electron chi connectivity index (χ0n) is 10.4. The van der Waals surface area contributed by atoms with E-state index in [0.29, 0.717) is 12.6 Å². The summed E-state index contributed by atoms with van der Waals surface area (Å²) in [7, 11) is 1.72. The number of anilines is 1. The van der Waals surface area contributed by atoms with E-state index in [1.54, 1.807) is 19.5 Å². The molecule has 0 radical (unpaired) electrons. The SMILES string of the molecule is CCCCC(COC)Nc1cncc(C)n1. The third-order valence-electron chi connectivity index (χ3n) is 2.38. The summed E-state index contributed by atoms with van der Waals surface area (Å²) < 4.78 is 5.19. The van der Waals surface area contributed by atoms with Gasteiger partial charge in [-0.3, -0.25) is 4.98 Å². The fourth-order valence-corrected chi connectivity index (χ4v) is 1.59. The van der Waals surface area contributed by atoms with Gasteiger partial charge < -0.3 is 10.1 Å². The van der Waals surface area contributed by atoms with Gasteiger partial charge in [-0.15, -0.1) is 0 Å². The molecular weight excluding hydrogens is 202 g/mol. The Labute approximate surface area is 97.5 Å². The molecule has 0 aliphatic rings. The van der Waals surface area contributed by atoms with E-state index in [4.69, 9.17) is 4.74 Å². The number of hydrogen-bond acceptors (Lipinski definition) is 4. The van der Waals surface area contributed by atoms with Crippen molar-refractivity contribution in [1.82, 2.24) is 9.97 Å². The topological polar surface area (TPSA) is 47.0 Å². The third-order valence-corrected chi connectivity index (χ3v) is 2.38. The van der Waals surface area contributed by atoms with Gasteiger partial charge in [-0.25, -0.2) is 4.98 Å². The van der Waals surface area contributed by atoms with Gasteiger partial charge in [0.25, 0.3) is 0 Å². The largest absolute Gasteiger partial charge is 0.383 e. The van der Waals surface area contributed by atoms with Crippen LogP contribution in [0.25, 0.3) is 0 Å². The molecule has 4 nitrogen and oxygen atoms in total. The predicted octanol–water partition coefficient (Wildman–Crippen LogP) is 2.40.